The van der Waals surface area contributed by atoms with Crippen LogP contribution in [0.2, 0.25) is 0 Å². The van der Waals surface area contributed by atoms with E-state index in [1.54, 1.807) is 0 Å². The van der Waals surface area contributed by atoms with Gasteiger partial charge in [-0.1, -0.05) is 0 Å². The Balaban J connectivity index is 0.00000161. The Bertz CT molecular complexity index is 388. The predicted octanol–water partition coefficient (Wildman–Crippen LogP) is -0.132. The lowest BCUT2D eigenvalue weighted by atomic mass is 10.00. The van der Waals surface area contributed by atoms with Gasteiger partial charge in [0, 0.05) is 38.8 Å². The van der Waals surface area contributed by atoms with Crippen molar-refractivity contribution >= 4 is 24.2 Å². The van der Waals surface area contributed by atoms with Crippen LogP contribution in [-0.2, 0) is 14.3 Å². The third kappa shape index (κ3) is 3.67. The summed E-state index contributed by atoms with van der Waals surface area (Å²) in [5, 5.41) is 3.09. The molecule has 1 N–H and O–H groups in total. The fraction of sp³-hybridized carbons (Fsp3) is 0.857. The second-order valence-corrected chi connectivity index (χ2v) is 5.90. The molecule has 7 heteroatoms. The number of amides is 2. The highest BCUT2D eigenvalue weighted by Crippen LogP contribution is 2.21. The zero-order valence-corrected chi connectivity index (χ0v) is 13.1. The molecule has 2 unspecified atom stereocenters. The van der Waals surface area contributed by atoms with E-state index in [0.717, 1.165) is 38.9 Å². The monoisotopic (exact) mass is 317 g/mol. The Morgan fingerprint density at radius 3 is 2.86 bits per heavy atom. The fourth-order valence-electron chi connectivity index (χ4n) is 3.40. The minimum atomic E-state index is 0. The zero-order chi connectivity index (χ0) is 13.9. The van der Waals surface area contributed by atoms with Crippen LogP contribution >= 0.6 is 12.4 Å². The third-order valence-electron chi connectivity index (χ3n) is 4.55. The maximum Gasteiger partial charge on any atom is 0.236 e. The Labute approximate surface area is 131 Å². The Morgan fingerprint density at radius 2 is 2.14 bits per heavy atom. The smallest absolute Gasteiger partial charge is 0.236 e. The van der Waals surface area contributed by atoms with E-state index < -0.39 is 0 Å². The molecule has 3 fully saturated rings. The summed E-state index contributed by atoms with van der Waals surface area (Å²) in [5.41, 5.74) is 0. The van der Waals surface area contributed by atoms with Gasteiger partial charge in [-0.15, -0.1) is 12.4 Å². The largest absolute Gasteiger partial charge is 0.381 e. The molecule has 0 spiro atoms. The minimum Gasteiger partial charge on any atom is -0.381 e. The molecule has 3 heterocycles. The predicted molar refractivity (Wildman–Crippen MR) is 80.4 cm³/mol. The van der Waals surface area contributed by atoms with E-state index in [1.165, 1.54) is 0 Å². The first kappa shape index (κ1) is 16.5. The quantitative estimate of drug-likeness (QED) is 0.770. The van der Waals surface area contributed by atoms with Crippen LogP contribution in [0.5, 0.6) is 0 Å². The molecule has 2 atom stereocenters. The van der Waals surface area contributed by atoms with Crippen molar-refractivity contribution in [1.82, 2.24) is 15.1 Å². The number of halogens is 1. The highest BCUT2D eigenvalue weighted by molar-refractivity contribution is 5.85. The number of nitrogens with one attached hydrogen (secondary N) is 1. The molecule has 0 bridgehead atoms. The average Bonchev–Trinajstić information content (AvgIpc) is 3.01. The normalized spacial score (nSPS) is 30.2. The van der Waals surface area contributed by atoms with Crippen molar-refractivity contribution in [3.8, 4) is 0 Å². The van der Waals surface area contributed by atoms with E-state index in [0.29, 0.717) is 26.3 Å². The van der Waals surface area contributed by atoms with Gasteiger partial charge in [0.25, 0.3) is 0 Å². The molecule has 0 aromatic heterocycles. The standard InChI is InChI=1S/C14H23N3O3.ClH/c18-13-8-15-4-6-17(13)12-2-1-5-16(9-12)14(19)11-3-7-20-10-11;/h11-12,15H,1-10H2;1H. The lowest BCUT2D eigenvalue weighted by Crippen LogP contribution is -2.58. The summed E-state index contributed by atoms with van der Waals surface area (Å²) in [7, 11) is 0. The molecule has 0 aromatic rings. The van der Waals surface area contributed by atoms with Gasteiger partial charge in [0.15, 0.2) is 0 Å². The van der Waals surface area contributed by atoms with Crippen LogP contribution in [0.4, 0.5) is 0 Å². The SMILES string of the molecule is Cl.O=C(C1CCOC1)N1CCCC(N2CCNCC2=O)C1. The summed E-state index contributed by atoms with van der Waals surface area (Å²) >= 11 is 0. The van der Waals surface area contributed by atoms with Gasteiger partial charge < -0.3 is 19.9 Å². The first-order valence-electron chi connectivity index (χ1n) is 7.62. The van der Waals surface area contributed by atoms with Gasteiger partial charge in [-0.05, 0) is 19.3 Å². The maximum atomic E-state index is 12.4. The first-order valence-corrected chi connectivity index (χ1v) is 7.62. The van der Waals surface area contributed by atoms with Gasteiger partial charge in [0.05, 0.1) is 19.1 Å². The van der Waals surface area contributed by atoms with Gasteiger partial charge in [-0.3, -0.25) is 9.59 Å². The molecule has 3 aliphatic heterocycles. The van der Waals surface area contributed by atoms with E-state index in [4.69, 9.17) is 4.74 Å². The summed E-state index contributed by atoms with van der Waals surface area (Å²) in [4.78, 5) is 28.3. The van der Waals surface area contributed by atoms with Crippen LogP contribution in [0.1, 0.15) is 19.3 Å². The van der Waals surface area contributed by atoms with Crippen molar-refractivity contribution in [1.29, 1.82) is 0 Å². The van der Waals surface area contributed by atoms with Crippen LogP contribution in [0.25, 0.3) is 0 Å². The van der Waals surface area contributed by atoms with Crippen molar-refractivity contribution in [2.75, 3.05) is 45.9 Å². The number of piperazine rings is 1. The van der Waals surface area contributed by atoms with Crippen molar-refractivity contribution in [3.05, 3.63) is 0 Å². The van der Waals surface area contributed by atoms with Gasteiger partial charge in [0.2, 0.25) is 11.8 Å². The maximum absolute atomic E-state index is 12.4. The Kier molecular flexibility index (Phi) is 5.84. The van der Waals surface area contributed by atoms with E-state index in [9.17, 15) is 9.59 Å². The molecule has 0 aromatic carbocycles. The summed E-state index contributed by atoms with van der Waals surface area (Å²) in [6.45, 7) is 4.83. The molecule has 6 nitrogen and oxygen atoms in total. The van der Waals surface area contributed by atoms with E-state index in [-0.39, 0.29) is 36.2 Å². The van der Waals surface area contributed by atoms with Crippen LogP contribution in [0.3, 0.4) is 0 Å². The highest BCUT2D eigenvalue weighted by Gasteiger charge is 2.34. The van der Waals surface area contributed by atoms with E-state index in [1.807, 2.05) is 9.80 Å². The fourth-order valence-corrected chi connectivity index (χ4v) is 3.40. The van der Waals surface area contributed by atoms with Crippen molar-refractivity contribution in [3.63, 3.8) is 0 Å². The summed E-state index contributed by atoms with van der Waals surface area (Å²) in [5.74, 6) is 0.419. The molecule has 0 aliphatic carbocycles. The number of rotatable bonds is 2. The minimum absolute atomic E-state index is 0. The molecule has 0 radical (unpaired) electrons. The molecule has 0 saturated carbocycles. The van der Waals surface area contributed by atoms with Crippen molar-refractivity contribution < 1.29 is 14.3 Å². The average molecular weight is 318 g/mol. The van der Waals surface area contributed by atoms with Crippen molar-refractivity contribution in [2.45, 2.75) is 25.3 Å². The Hall–Kier alpha value is -0.850. The highest BCUT2D eigenvalue weighted by atomic mass is 35.5. The van der Waals surface area contributed by atoms with Crippen LogP contribution in [0.15, 0.2) is 0 Å². The molecule has 2 amide bonds. The van der Waals surface area contributed by atoms with Crippen LogP contribution in [0, 0.1) is 5.92 Å². The number of ether oxygens (including phenoxy) is 1. The third-order valence-corrected chi connectivity index (χ3v) is 4.55. The van der Waals surface area contributed by atoms with E-state index >= 15 is 0 Å². The van der Waals surface area contributed by atoms with Gasteiger partial charge in [-0.2, -0.15) is 0 Å². The van der Waals surface area contributed by atoms with Crippen LogP contribution in [-0.4, -0.2) is 73.6 Å². The number of nitrogens with zero attached hydrogens (tertiary/aromatic N) is 2. The summed E-state index contributed by atoms with van der Waals surface area (Å²) in [6.07, 6.45) is 2.84. The second-order valence-electron chi connectivity index (χ2n) is 5.90. The number of piperidine rings is 1. The molecule has 3 aliphatic rings. The van der Waals surface area contributed by atoms with Gasteiger partial charge in [-0.25, -0.2) is 0 Å². The molecule has 3 rings (SSSR count). The second kappa shape index (κ2) is 7.42. The molecule has 120 valence electrons. The number of hydrogen-bond acceptors (Lipinski definition) is 4. The number of carbonyl (C=O) groups is 2. The first-order chi connectivity index (χ1) is 9.75. The molecular weight excluding hydrogens is 294 g/mol. The molecular formula is C14H24ClN3O3. The lowest BCUT2D eigenvalue weighted by molar-refractivity contribution is -0.142. The van der Waals surface area contributed by atoms with E-state index in [2.05, 4.69) is 5.32 Å². The summed E-state index contributed by atoms with van der Waals surface area (Å²) in [6, 6.07) is 0.199. The lowest BCUT2D eigenvalue weighted by Gasteiger charge is -2.41. The van der Waals surface area contributed by atoms with Crippen LogP contribution < -0.4 is 5.32 Å². The molecule has 3 saturated heterocycles. The molecule has 21 heavy (non-hydrogen) atoms. The number of likely N-dealkylation sites (tertiary alicyclic amines) is 1. The summed E-state index contributed by atoms with van der Waals surface area (Å²) < 4.78 is 5.31. The number of carbonyl (C=O) groups excluding carboxylic acids is 2. The number of hydrogen-bond donors (Lipinski definition) is 1. The van der Waals surface area contributed by atoms with Crippen molar-refractivity contribution in [2.24, 2.45) is 5.92 Å². The topological polar surface area (TPSA) is 61.9 Å². The zero-order valence-electron chi connectivity index (χ0n) is 12.3. The van der Waals surface area contributed by atoms with Gasteiger partial charge in [0.1, 0.15) is 0 Å². The Morgan fingerprint density at radius 1 is 1.29 bits per heavy atom. The van der Waals surface area contributed by atoms with Gasteiger partial charge >= 0.3 is 0 Å².